The summed E-state index contributed by atoms with van der Waals surface area (Å²) in [6, 6.07) is 0. The second-order valence-corrected chi connectivity index (χ2v) is 1.93. The molecule has 1 N–H and O–H groups in total. The molecule has 0 atom stereocenters. The highest BCUT2D eigenvalue weighted by molar-refractivity contribution is 6.29. The number of carbonyl (C=O) groups excluding carboxylic acids is 2. The van der Waals surface area contributed by atoms with E-state index in [4.69, 9.17) is 5.26 Å². The van der Waals surface area contributed by atoms with Crippen molar-refractivity contribution in [2.45, 2.75) is 19.8 Å². The Morgan fingerprint density at radius 2 is 2.00 bits per heavy atom. The molecule has 0 unspecified atom stereocenters. The van der Waals surface area contributed by atoms with Crippen molar-refractivity contribution >= 4 is 11.9 Å². The van der Waals surface area contributed by atoms with E-state index in [1.165, 1.54) is 0 Å². The largest absolute Gasteiger partial charge is 0.453 e. The van der Waals surface area contributed by atoms with Gasteiger partial charge in [0.2, 0.25) is 0 Å². The average molecular weight is 178 g/mol. The fourth-order valence-corrected chi connectivity index (χ4v) is 0.370. The summed E-state index contributed by atoms with van der Waals surface area (Å²) < 4.78 is 0. The summed E-state index contributed by atoms with van der Waals surface area (Å²) in [5.41, 5.74) is 0. The van der Waals surface area contributed by atoms with E-state index in [1.54, 1.807) is 0 Å². The van der Waals surface area contributed by atoms with Crippen LogP contribution in [0.4, 0.5) is 0 Å². The van der Waals surface area contributed by atoms with Gasteiger partial charge in [-0.25, -0.2) is 9.59 Å². The standard InChI is InChI=1S/C6H10O6/c1-2-3-4-10-12-6(8)5(7)11-9/h9H,2-4H2,1H3. The van der Waals surface area contributed by atoms with Gasteiger partial charge in [-0.3, -0.25) is 9.78 Å². The molecular formula is C6H10O6. The maximum absolute atomic E-state index is 10.4. The first-order valence-electron chi connectivity index (χ1n) is 3.41. The van der Waals surface area contributed by atoms with Gasteiger partial charge in [0.25, 0.3) is 0 Å². The van der Waals surface area contributed by atoms with E-state index in [9.17, 15) is 9.59 Å². The van der Waals surface area contributed by atoms with Crippen LogP contribution in [0.2, 0.25) is 0 Å². The second-order valence-electron chi connectivity index (χ2n) is 1.93. The molecule has 6 nitrogen and oxygen atoms in total. The van der Waals surface area contributed by atoms with Gasteiger partial charge in [0, 0.05) is 0 Å². The third-order valence-corrected chi connectivity index (χ3v) is 0.965. The molecular weight excluding hydrogens is 168 g/mol. The number of hydrogen-bond donors (Lipinski definition) is 1. The van der Waals surface area contributed by atoms with Gasteiger partial charge < -0.3 is 0 Å². The first-order chi connectivity index (χ1) is 5.72. The summed E-state index contributed by atoms with van der Waals surface area (Å²) in [7, 11) is 0. The fraction of sp³-hybridized carbons (Fsp3) is 0.667. The number of rotatable bonds is 4. The molecule has 0 saturated heterocycles. The van der Waals surface area contributed by atoms with E-state index in [0.717, 1.165) is 6.42 Å². The van der Waals surface area contributed by atoms with Crippen LogP contribution >= 0.6 is 0 Å². The van der Waals surface area contributed by atoms with Crippen molar-refractivity contribution in [1.29, 1.82) is 0 Å². The van der Waals surface area contributed by atoms with Gasteiger partial charge >= 0.3 is 11.9 Å². The van der Waals surface area contributed by atoms with Crippen molar-refractivity contribution < 1.29 is 29.5 Å². The van der Waals surface area contributed by atoms with Crippen LogP contribution in [0.15, 0.2) is 0 Å². The van der Waals surface area contributed by atoms with Gasteiger partial charge in [-0.15, -0.1) is 0 Å². The zero-order chi connectivity index (χ0) is 9.40. The highest BCUT2D eigenvalue weighted by Crippen LogP contribution is 1.90. The van der Waals surface area contributed by atoms with Crippen LogP contribution in [0.1, 0.15) is 19.8 Å². The predicted octanol–water partition coefficient (Wildman–Crippen LogP) is 0.278. The summed E-state index contributed by atoms with van der Waals surface area (Å²) in [5.74, 6) is -2.89. The second kappa shape index (κ2) is 6.56. The van der Waals surface area contributed by atoms with E-state index >= 15 is 0 Å². The first kappa shape index (κ1) is 10.9. The van der Waals surface area contributed by atoms with Crippen LogP contribution in [0.5, 0.6) is 0 Å². The molecule has 0 bridgehead atoms. The summed E-state index contributed by atoms with van der Waals surface area (Å²) in [4.78, 5) is 31.8. The molecule has 0 aliphatic rings. The van der Waals surface area contributed by atoms with Crippen molar-refractivity contribution in [3.8, 4) is 0 Å². The van der Waals surface area contributed by atoms with Gasteiger partial charge in [0.05, 0.1) is 6.61 Å². The molecule has 0 heterocycles. The molecule has 6 heteroatoms. The Balaban J connectivity index is 3.38. The Kier molecular flexibility index (Phi) is 5.94. The topological polar surface area (TPSA) is 82.1 Å². The lowest BCUT2D eigenvalue weighted by atomic mass is 10.4. The highest BCUT2D eigenvalue weighted by atomic mass is 17.2. The molecule has 12 heavy (non-hydrogen) atoms. The van der Waals surface area contributed by atoms with Crippen LogP contribution in [0.3, 0.4) is 0 Å². The summed E-state index contributed by atoms with van der Waals surface area (Å²) in [6.45, 7) is 2.13. The third kappa shape index (κ3) is 4.64. The molecule has 0 aliphatic carbocycles. The Hall–Kier alpha value is -1.14. The van der Waals surface area contributed by atoms with Gasteiger partial charge in [-0.1, -0.05) is 13.3 Å². The molecule has 0 rings (SSSR count). The number of hydrogen-bond acceptors (Lipinski definition) is 6. The van der Waals surface area contributed by atoms with Crippen LogP contribution < -0.4 is 0 Å². The van der Waals surface area contributed by atoms with Crippen molar-refractivity contribution in [3.63, 3.8) is 0 Å². The summed E-state index contributed by atoms with van der Waals surface area (Å²) in [6.07, 6.45) is 1.59. The van der Waals surface area contributed by atoms with Gasteiger partial charge in [-0.2, -0.15) is 10.1 Å². The van der Waals surface area contributed by atoms with Crippen molar-refractivity contribution in [3.05, 3.63) is 0 Å². The quantitative estimate of drug-likeness (QED) is 0.288. The normalized spacial score (nSPS) is 9.17. The Bertz CT molecular complexity index is 154. The SMILES string of the molecule is CCCCOOC(=O)C(=O)OO. The molecule has 0 spiro atoms. The predicted molar refractivity (Wildman–Crippen MR) is 35.7 cm³/mol. The lowest BCUT2D eigenvalue weighted by Crippen LogP contribution is -2.19. The van der Waals surface area contributed by atoms with Crippen LogP contribution in [0, 0.1) is 0 Å². The molecule has 0 aromatic heterocycles. The molecule has 0 aliphatic heterocycles. The Morgan fingerprint density at radius 3 is 2.50 bits per heavy atom. The van der Waals surface area contributed by atoms with E-state index in [1.807, 2.05) is 6.92 Å². The number of unbranched alkanes of at least 4 members (excludes halogenated alkanes) is 1. The number of carbonyl (C=O) groups is 2. The van der Waals surface area contributed by atoms with E-state index in [-0.39, 0.29) is 6.61 Å². The smallest absolute Gasteiger partial charge is 0.288 e. The average Bonchev–Trinajstić information content (AvgIpc) is 2.10. The lowest BCUT2D eigenvalue weighted by Gasteiger charge is -1.99. The highest BCUT2D eigenvalue weighted by Gasteiger charge is 2.18. The van der Waals surface area contributed by atoms with Crippen molar-refractivity contribution in [2.75, 3.05) is 6.61 Å². The third-order valence-electron chi connectivity index (χ3n) is 0.965. The fourth-order valence-electron chi connectivity index (χ4n) is 0.370. The van der Waals surface area contributed by atoms with E-state index < -0.39 is 11.9 Å². The maximum Gasteiger partial charge on any atom is 0.453 e. The zero-order valence-electron chi connectivity index (χ0n) is 6.61. The van der Waals surface area contributed by atoms with E-state index in [0.29, 0.717) is 6.42 Å². The Morgan fingerprint density at radius 1 is 1.33 bits per heavy atom. The monoisotopic (exact) mass is 178 g/mol. The van der Waals surface area contributed by atoms with Gasteiger partial charge in [0.1, 0.15) is 0 Å². The zero-order valence-corrected chi connectivity index (χ0v) is 6.61. The first-order valence-corrected chi connectivity index (χ1v) is 3.41. The molecule has 0 aromatic rings. The summed E-state index contributed by atoms with van der Waals surface area (Å²) >= 11 is 0. The van der Waals surface area contributed by atoms with Crippen LogP contribution in [-0.4, -0.2) is 23.8 Å². The van der Waals surface area contributed by atoms with Crippen molar-refractivity contribution in [2.24, 2.45) is 0 Å². The lowest BCUT2D eigenvalue weighted by molar-refractivity contribution is -0.284. The molecule has 0 radical (unpaired) electrons. The van der Waals surface area contributed by atoms with Crippen LogP contribution in [0.25, 0.3) is 0 Å². The van der Waals surface area contributed by atoms with Crippen molar-refractivity contribution in [1.82, 2.24) is 0 Å². The molecule has 0 aromatic carbocycles. The van der Waals surface area contributed by atoms with Gasteiger partial charge in [0.15, 0.2) is 0 Å². The minimum Gasteiger partial charge on any atom is -0.288 e. The molecule has 70 valence electrons. The van der Waals surface area contributed by atoms with E-state index in [2.05, 4.69) is 14.7 Å². The van der Waals surface area contributed by atoms with Crippen LogP contribution in [-0.2, 0) is 24.3 Å². The summed E-state index contributed by atoms with van der Waals surface area (Å²) in [5, 5.41) is 7.70. The maximum atomic E-state index is 10.4. The minimum absolute atomic E-state index is 0.209. The minimum atomic E-state index is -1.51. The molecule has 0 fully saturated rings. The Labute approximate surface area is 68.9 Å². The molecule has 0 amide bonds. The molecule has 0 saturated carbocycles. The van der Waals surface area contributed by atoms with Gasteiger partial charge in [-0.05, 0) is 6.42 Å².